The summed E-state index contributed by atoms with van der Waals surface area (Å²) in [6, 6.07) is 2.72. The molecule has 106 valence electrons. The second-order valence-corrected chi connectivity index (χ2v) is 9.90. The van der Waals surface area contributed by atoms with Crippen LogP contribution in [0.5, 0.6) is 0 Å². The largest absolute Gasteiger partial charge is 0.107 e. The van der Waals surface area contributed by atoms with E-state index >= 15 is 0 Å². The zero-order valence-corrected chi connectivity index (χ0v) is 13.8. The number of rotatable bonds is 13. The summed E-state index contributed by atoms with van der Waals surface area (Å²) in [6.45, 7) is 12.7. The Bertz CT molecular complexity index is 200. The Morgan fingerprint density at radius 3 is 1.61 bits per heavy atom. The lowest BCUT2D eigenvalue weighted by Gasteiger charge is -2.23. The lowest BCUT2D eigenvalue weighted by Crippen LogP contribution is -2.28. The van der Waals surface area contributed by atoms with Crippen molar-refractivity contribution in [2.24, 2.45) is 0 Å². The van der Waals surface area contributed by atoms with Crippen LogP contribution in [0.3, 0.4) is 0 Å². The maximum atomic E-state index is 4.06. The Hall–Kier alpha value is -0.303. The van der Waals surface area contributed by atoms with E-state index in [1.165, 1.54) is 69.9 Å². The first kappa shape index (κ1) is 17.7. The van der Waals surface area contributed by atoms with Crippen molar-refractivity contribution in [1.82, 2.24) is 0 Å². The predicted octanol–water partition coefficient (Wildman–Crippen LogP) is 6.44. The Morgan fingerprint density at radius 1 is 0.667 bits per heavy atom. The molecule has 18 heavy (non-hydrogen) atoms. The first-order valence-corrected chi connectivity index (χ1v) is 10.6. The molecule has 0 saturated heterocycles. The molecule has 0 nitrogen and oxygen atoms in total. The van der Waals surface area contributed by atoms with Crippen molar-refractivity contribution in [1.29, 1.82) is 0 Å². The van der Waals surface area contributed by atoms with E-state index in [-0.39, 0.29) is 0 Å². The topological polar surface area (TPSA) is 0 Å². The fourth-order valence-corrected chi connectivity index (χ4v) is 5.74. The summed E-state index contributed by atoms with van der Waals surface area (Å²) in [5.41, 5.74) is 4.51. The summed E-state index contributed by atoms with van der Waals surface area (Å²) < 4.78 is 0. The van der Waals surface area contributed by atoms with Crippen LogP contribution >= 0.6 is 0 Å². The second kappa shape index (κ2) is 11.8. The van der Waals surface area contributed by atoms with Crippen molar-refractivity contribution in [3.05, 3.63) is 24.6 Å². The summed E-state index contributed by atoms with van der Waals surface area (Å²) in [7, 11) is -1.30. The molecule has 0 atom stereocenters. The van der Waals surface area contributed by atoms with Gasteiger partial charge in [-0.15, -0.1) is 13.2 Å². The van der Waals surface area contributed by atoms with Crippen LogP contribution in [0.1, 0.15) is 71.6 Å². The smallest absolute Gasteiger partial charge is 0.100 e. The molecule has 0 aromatic rings. The van der Waals surface area contributed by atoms with Crippen molar-refractivity contribution in [3.8, 4) is 0 Å². The monoisotopic (exact) mass is 266 g/mol. The molecule has 0 aliphatic rings. The van der Waals surface area contributed by atoms with Gasteiger partial charge in [-0.1, -0.05) is 95.1 Å². The van der Waals surface area contributed by atoms with Crippen LogP contribution in [-0.2, 0) is 0 Å². The highest BCUT2D eigenvalue weighted by Crippen LogP contribution is 2.23. The molecule has 0 spiro atoms. The molecule has 0 N–H and O–H groups in total. The van der Waals surface area contributed by atoms with Crippen LogP contribution in [0.25, 0.3) is 0 Å². The molecule has 0 fully saturated rings. The molecule has 0 aliphatic carbocycles. The van der Waals surface area contributed by atoms with Crippen LogP contribution in [0, 0.1) is 0 Å². The molecule has 0 amide bonds. The fourth-order valence-electron chi connectivity index (χ4n) is 2.67. The number of hydrogen-bond donors (Lipinski definition) is 0. The van der Waals surface area contributed by atoms with Crippen molar-refractivity contribution < 1.29 is 0 Å². The molecule has 0 saturated carbocycles. The van der Waals surface area contributed by atoms with Gasteiger partial charge in [0.25, 0.3) is 0 Å². The van der Waals surface area contributed by atoms with Gasteiger partial charge in [-0.2, -0.15) is 0 Å². The zero-order chi connectivity index (χ0) is 13.7. The van der Waals surface area contributed by atoms with Crippen molar-refractivity contribution in [2.75, 3.05) is 0 Å². The van der Waals surface area contributed by atoms with Gasteiger partial charge in [0.15, 0.2) is 0 Å². The van der Waals surface area contributed by atoms with Gasteiger partial charge in [-0.05, 0) is 0 Å². The summed E-state index contributed by atoms with van der Waals surface area (Å²) in [5.74, 6) is 0. The molecule has 0 bridgehead atoms. The minimum Gasteiger partial charge on any atom is -0.107 e. The van der Waals surface area contributed by atoms with Crippen LogP contribution in [0.4, 0.5) is 0 Å². The second-order valence-electron chi connectivity index (χ2n) is 5.62. The lowest BCUT2D eigenvalue weighted by atomic mass is 10.1. The van der Waals surface area contributed by atoms with Gasteiger partial charge >= 0.3 is 0 Å². The Morgan fingerprint density at radius 2 is 1.17 bits per heavy atom. The van der Waals surface area contributed by atoms with Gasteiger partial charge in [0.2, 0.25) is 0 Å². The van der Waals surface area contributed by atoms with Crippen molar-refractivity contribution >= 4 is 8.07 Å². The van der Waals surface area contributed by atoms with E-state index in [0.29, 0.717) is 0 Å². The molecule has 0 radical (unpaired) electrons. The SMILES string of the molecule is C=C[Si](C=C)(CCC)CCCCCCCCCC. The Kier molecular flexibility index (Phi) is 11.6. The van der Waals surface area contributed by atoms with Gasteiger partial charge in [0, 0.05) is 0 Å². The van der Waals surface area contributed by atoms with E-state index in [1.807, 2.05) is 0 Å². The molecule has 0 rings (SSSR count). The minimum absolute atomic E-state index is 1.28. The summed E-state index contributed by atoms with van der Waals surface area (Å²) in [5, 5.41) is 0. The van der Waals surface area contributed by atoms with E-state index in [2.05, 4.69) is 38.4 Å². The van der Waals surface area contributed by atoms with Crippen molar-refractivity contribution in [3.63, 3.8) is 0 Å². The van der Waals surface area contributed by atoms with E-state index < -0.39 is 8.07 Å². The molecule has 0 heterocycles. The predicted molar refractivity (Wildman–Crippen MR) is 88.7 cm³/mol. The number of hydrogen-bond acceptors (Lipinski definition) is 0. The highest BCUT2D eigenvalue weighted by Gasteiger charge is 2.23. The maximum absolute atomic E-state index is 4.06. The first-order valence-electron chi connectivity index (χ1n) is 8.02. The third kappa shape index (κ3) is 7.92. The van der Waals surface area contributed by atoms with E-state index in [9.17, 15) is 0 Å². The molecule has 0 aromatic heterocycles. The van der Waals surface area contributed by atoms with Crippen LogP contribution in [0.15, 0.2) is 24.6 Å². The van der Waals surface area contributed by atoms with Gasteiger partial charge in [-0.25, -0.2) is 0 Å². The molecular formula is C17H34Si. The van der Waals surface area contributed by atoms with Crippen molar-refractivity contribution in [2.45, 2.75) is 83.7 Å². The summed E-state index contributed by atoms with van der Waals surface area (Å²) >= 11 is 0. The third-order valence-electron chi connectivity index (χ3n) is 4.02. The minimum atomic E-state index is -1.30. The fraction of sp³-hybridized carbons (Fsp3) is 0.765. The average molecular weight is 267 g/mol. The van der Waals surface area contributed by atoms with Gasteiger partial charge in [0.05, 0.1) is 0 Å². The molecule has 0 aromatic carbocycles. The van der Waals surface area contributed by atoms with E-state index in [1.54, 1.807) is 0 Å². The van der Waals surface area contributed by atoms with Gasteiger partial charge in [-0.3, -0.25) is 0 Å². The molecule has 0 unspecified atom stereocenters. The highest BCUT2D eigenvalue weighted by atomic mass is 28.3. The van der Waals surface area contributed by atoms with Gasteiger partial charge in [0.1, 0.15) is 8.07 Å². The third-order valence-corrected chi connectivity index (χ3v) is 8.37. The average Bonchev–Trinajstić information content (AvgIpc) is 2.40. The quantitative estimate of drug-likeness (QED) is 0.266. The van der Waals surface area contributed by atoms with Crippen LogP contribution < -0.4 is 0 Å². The molecular weight excluding hydrogens is 232 g/mol. The standard InChI is InChI=1S/C17H34Si/c1-5-9-10-11-12-13-14-15-17-18(7-3,8-4)16-6-2/h7-8H,3-6,9-17H2,1-2H3. The lowest BCUT2D eigenvalue weighted by molar-refractivity contribution is 0.584. The Labute approximate surface area is 117 Å². The van der Waals surface area contributed by atoms with Crippen LogP contribution in [0.2, 0.25) is 12.1 Å². The number of unbranched alkanes of at least 4 members (excludes halogenated alkanes) is 7. The zero-order valence-electron chi connectivity index (χ0n) is 12.8. The highest BCUT2D eigenvalue weighted by molar-refractivity contribution is 6.88. The summed E-state index contributed by atoms with van der Waals surface area (Å²) in [4.78, 5) is 0. The Balaban J connectivity index is 3.61. The van der Waals surface area contributed by atoms with E-state index in [4.69, 9.17) is 0 Å². The molecule has 0 aliphatic heterocycles. The maximum Gasteiger partial charge on any atom is 0.100 e. The summed E-state index contributed by atoms with van der Waals surface area (Å²) in [6.07, 6.45) is 12.6. The van der Waals surface area contributed by atoms with Gasteiger partial charge < -0.3 is 0 Å². The first-order chi connectivity index (χ1) is 8.74. The van der Waals surface area contributed by atoms with Crippen LogP contribution in [-0.4, -0.2) is 8.07 Å². The van der Waals surface area contributed by atoms with E-state index in [0.717, 1.165) is 0 Å². The molecule has 1 heteroatoms. The normalized spacial score (nSPS) is 11.4.